The molecule has 37 heavy (non-hydrogen) atoms. The Morgan fingerprint density at radius 3 is 1.76 bits per heavy atom. The lowest BCUT2D eigenvalue weighted by Crippen LogP contribution is -2.03. The van der Waals surface area contributed by atoms with E-state index in [1.807, 2.05) is 48.5 Å². The Morgan fingerprint density at radius 2 is 1.16 bits per heavy atom. The van der Waals surface area contributed by atoms with Gasteiger partial charge in [-0.25, -0.2) is 9.59 Å². The second kappa shape index (κ2) is 10.5. The number of carbonyl (C=O) groups is 2. The quantitative estimate of drug-likeness (QED) is 0.141. The van der Waals surface area contributed by atoms with Crippen molar-refractivity contribution in [3.05, 3.63) is 120 Å². The molecule has 0 bridgehead atoms. The maximum absolute atomic E-state index is 11.9. The Labute approximate surface area is 216 Å². The van der Waals surface area contributed by atoms with Crippen LogP contribution in [0, 0.1) is 0 Å². The van der Waals surface area contributed by atoms with Crippen LogP contribution in [0.2, 0.25) is 0 Å². The van der Waals surface area contributed by atoms with Crippen molar-refractivity contribution in [2.75, 3.05) is 0 Å². The third-order valence-corrected chi connectivity index (χ3v) is 6.34. The van der Waals surface area contributed by atoms with Crippen LogP contribution < -0.4 is 9.47 Å². The smallest absolute Gasteiger partial charge is 0.335 e. The summed E-state index contributed by atoms with van der Waals surface area (Å²) in [4.78, 5) is 23.7. The minimum atomic E-state index is -0.401. The minimum absolute atomic E-state index is 0.401. The minimum Gasteiger partial charge on any atom is -0.423 e. The predicted molar refractivity (Wildman–Crippen MR) is 146 cm³/mol. The fraction of sp³-hybridized carbons (Fsp3) is 0.0909. The molecule has 0 aliphatic heterocycles. The molecule has 4 nitrogen and oxygen atoms in total. The molecule has 4 aromatic rings. The van der Waals surface area contributed by atoms with Gasteiger partial charge in [-0.3, -0.25) is 0 Å². The van der Waals surface area contributed by atoms with Gasteiger partial charge in [-0.05, 0) is 89.0 Å². The van der Waals surface area contributed by atoms with Crippen LogP contribution in [0.15, 0.2) is 109 Å². The van der Waals surface area contributed by atoms with E-state index in [0.29, 0.717) is 11.5 Å². The number of fused-ring (bicyclic) bond motifs is 3. The Bertz CT molecular complexity index is 1520. The summed E-state index contributed by atoms with van der Waals surface area (Å²) in [6.07, 6.45) is 6.93. The molecule has 0 radical (unpaired) electrons. The first kappa shape index (κ1) is 24.0. The molecule has 0 unspecified atom stereocenters. The molecule has 0 fully saturated rings. The van der Waals surface area contributed by atoms with Crippen LogP contribution in [-0.2, 0) is 16.0 Å². The van der Waals surface area contributed by atoms with Gasteiger partial charge in [-0.1, -0.05) is 72.8 Å². The molecule has 4 heteroatoms. The predicted octanol–water partition coefficient (Wildman–Crippen LogP) is 7.55. The summed E-state index contributed by atoms with van der Waals surface area (Å²) in [6.45, 7) is 3.55. The first-order valence-electron chi connectivity index (χ1n) is 12.2. The zero-order chi connectivity index (χ0) is 25.8. The standard InChI is InChI=1S/C33H26O4/c1-3-7-31(34)36-25-15-11-22(12-16-25)28-19-20-29-27-10-6-5-9-24(27)21-30(29)33(28)23-13-17-26(18-14-23)37-32(35)8-4-2/h3-20H,21H2,1-2H3. The Kier molecular flexibility index (Phi) is 6.82. The molecule has 0 spiro atoms. The number of benzene rings is 4. The number of rotatable bonds is 6. The summed E-state index contributed by atoms with van der Waals surface area (Å²) in [5, 5.41) is 0. The van der Waals surface area contributed by atoms with E-state index in [2.05, 4.69) is 36.4 Å². The van der Waals surface area contributed by atoms with Crippen molar-refractivity contribution in [1.82, 2.24) is 0 Å². The van der Waals surface area contributed by atoms with Gasteiger partial charge in [0.25, 0.3) is 0 Å². The largest absolute Gasteiger partial charge is 0.423 e. The second-order valence-electron chi connectivity index (χ2n) is 8.74. The van der Waals surface area contributed by atoms with E-state index in [9.17, 15) is 9.59 Å². The molecule has 0 atom stereocenters. The fourth-order valence-corrected chi connectivity index (χ4v) is 4.75. The zero-order valence-electron chi connectivity index (χ0n) is 20.7. The number of esters is 2. The highest BCUT2D eigenvalue weighted by Crippen LogP contribution is 2.46. The van der Waals surface area contributed by atoms with Crippen LogP contribution in [0.4, 0.5) is 0 Å². The van der Waals surface area contributed by atoms with E-state index in [4.69, 9.17) is 9.47 Å². The van der Waals surface area contributed by atoms with Crippen LogP contribution in [0.3, 0.4) is 0 Å². The van der Waals surface area contributed by atoms with Crippen LogP contribution in [0.5, 0.6) is 11.5 Å². The molecule has 182 valence electrons. The van der Waals surface area contributed by atoms with Gasteiger partial charge in [0, 0.05) is 12.2 Å². The first-order valence-corrected chi connectivity index (χ1v) is 12.2. The molecule has 0 amide bonds. The Morgan fingerprint density at radius 1 is 0.622 bits per heavy atom. The molecule has 0 aromatic heterocycles. The lowest BCUT2D eigenvalue weighted by atomic mass is 9.88. The van der Waals surface area contributed by atoms with Crippen LogP contribution in [0.1, 0.15) is 25.0 Å². The van der Waals surface area contributed by atoms with Gasteiger partial charge in [0.05, 0.1) is 0 Å². The monoisotopic (exact) mass is 486 g/mol. The Hall–Kier alpha value is -4.70. The second-order valence-corrected chi connectivity index (χ2v) is 8.74. The summed E-state index contributed by atoms with van der Waals surface area (Å²) in [5.41, 5.74) is 9.33. The Balaban J connectivity index is 1.57. The van der Waals surface area contributed by atoms with E-state index in [-0.39, 0.29) is 0 Å². The summed E-state index contributed by atoms with van der Waals surface area (Å²) in [7, 11) is 0. The molecule has 1 aliphatic carbocycles. The number of hydrogen-bond acceptors (Lipinski definition) is 4. The van der Waals surface area contributed by atoms with Gasteiger partial charge in [-0.2, -0.15) is 0 Å². The molecule has 4 aromatic carbocycles. The highest BCUT2D eigenvalue weighted by Gasteiger charge is 2.24. The maximum Gasteiger partial charge on any atom is 0.335 e. The summed E-state index contributed by atoms with van der Waals surface area (Å²) in [5.74, 6) is 0.189. The van der Waals surface area contributed by atoms with Gasteiger partial charge in [-0.15, -0.1) is 0 Å². The van der Waals surface area contributed by atoms with Crippen molar-refractivity contribution in [2.45, 2.75) is 20.3 Å². The topological polar surface area (TPSA) is 52.6 Å². The lowest BCUT2D eigenvalue weighted by molar-refractivity contribution is -0.129. The third-order valence-electron chi connectivity index (χ3n) is 6.34. The van der Waals surface area contributed by atoms with Crippen molar-refractivity contribution in [3.8, 4) is 44.9 Å². The maximum atomic E-state index is 11.9. The molecule has 5 rings (SSSR count). The molecule has 0 N–H and O–H groups in total. The molecule has 0 saturated carbocycles. The van der Waals surface area contributed by atoms with Crippen molar-refractivity contribution in [1.29, 1.82) is 0 Å². The normalized spacial score (nSPS) is 11.9. The zero-order valence-corrected chi connectivity index (χ0v) is 20.7. The molecular formula is C33H26O4. The van der Waals surface area contributed by atoms with E-state index >= 15 is 0 Å². The van der Waals surface area contributed by atoms with Gasteiger partial charge < -0.3 is 9.47 Å². The van der Waals surface area contributed by atoms with Crippen LogP contribution >= 0.6 is 0 Å². The van der Waals surface area contributed by atoms with Crippen molar-refractivity contribution in [2.24, 2.45) is 0 Å². The average molecular weight is 487 g/mol. The number of carbonyl (C=O) groups excluding carboxylic acids is 2. The highest BCUT2D eigenvalue weighted by atomic mass is 16.5. The van der Waals surface area contributed by atoms with Gasteiger partial charge in [0.1, 0.15) is 11.5 Å². The summed E-state index contributed by atoms with van der Waals surface area (Å²) in [6, 6.07) is 28.0. The van der Waals surface area contributed by atoms with Gasteiger partial charge >= 0.3 is 11.9 Å². The van der Waals surface area contributed by atoms with E-state index in [0.717, 1.165) is 28.7 Å². The lowest BCUT2D eigenvalue weighted by Gasteiger charge is -2.16. The summed E-state index contributed by atoms with van der Waals surface area (Å²) >= 11 is 0. The van der Waals surface area contributed by atoms with Crippen molar-refractivity contribution in [3.63, 3.8) is 0 Å². The third kappa shape index (κ3) is 5.00. The van der Waals surface area contributed by atoms with Gasteiger partial charge in [0.2, 0.25) is 0 Å². The number of ether oxygens (including phenoxy) is 2. The highest BCUT2D eigenvalue weighted by molar-refractivity contribution is 5.94. The molecular weight excluding hydrogens is 460 g/mol. The molecule has 0 heterocycles. The van der Waals surface area contributed by atoms with Gasteiger partial charge in [0.15, 0.2) is 0 Å². The fourth-order valence-electron chi connectivity index (χ4n) is 4.75. The van der Waals surface area contributed by atoms with Crippen LogP contribution in [-0.4, -0.2) is 11.9 Å². The number of hydrogen-bond donors (Lipinski definition) is 0. The first-order chi connectivity index (χ1) is 18.1. The molecule has 0 saturated heterocycles. The average Bonchev–Trinajstić information content (AvgIpc) is 3.28. The molecule has 1 aliphatic rings. The number of allylic oxidation sites excluding steroid dienone is 2. The van der Waals surface area contributed by atoms with E-state index in [1.54, 1.807) is 26.0 Å². The van der Waals surface area contributed by atoms with Crippen LogP contribution in [0.25, 0.3) is 33.4 Å². The summed E-state index contributed by atoms with van der Waals surface area (Å²) < 4.78 is 10.8. The van der Waals surface area contributed by atoms with Crippen molar-refractivity contribution < 1.29 is 19.1 Å². The van der Waals surface area contributed by atoms with E-state index in [1.165, 1.54) is 34.4 Å². The van der Waals surface area contributed by atoms with Crippen molar-refractivity contribution >= 4 is 11.9 Å². The SMILES string of the molecule is CC=CC(=O)Oc1ccc(-c2ccc3c(c2-c2ccc(OC(=O)C=CC)cc2)Cc2ccccc2-3)cc1. The van der Waals surface area contributed by atoms with E-state index < -0.39 is 11.9 Å².